The summed E-state index contributed by atoms with van der Waals surface area (Å²) in [4.78, 5) is 65.2. The maximum absolute atomic E-state index is 14.8. The number of ether oxygens (including phenoxy) is 1. The third-order valence-corrected chi connectivity index (χ3v) is 12.5. The molecule has 57 heavy (non-hydrogen) atoms. The number of hydrogen-bond donors (Lipinski definition) is 1. The largest absolute Gasteiger partial charge is 0.508 e. The van der Waals surface area contributed by atoms with Gasteiger partial charge in [-0.2, -0.15) is 0 Å². The first-order valence-corrected chi connectivity index (χ1v) is 19.2. The molecule has 0 spiro atoms. The Balaban J connectivity index is 1.01. The Kier molecular flexibility index (Phi) is 8.00. The average Bonchev–Trinajstić information content (AvgIpc) is 3.84. The summed E-state index contributed by atoms with van der Waals surface area (Å²) in [5.41, 5.74) is 3.91. The maximum atomic E-state index is 14.8. The van der Waals surface area contributed by atoms with E-state index in [-0.39, 0.29) is 42.2 Å². The van der Waals surface area contributed by atoms with Gasteiger partial charge in [0.2, 0.25) is 29.5 Å². The third-order valence-electron chi connectivity index (χ3n) is 12.5. The van der Waals surface area contributed by atoms with Crippen LogP contribution in [0.2, 0.25) is 0 Å². The van der Waals surface area contributed by atoms with E-state index in [1.165, 1.54) is 9.80 Å². The second-order valence-electron chi connectivity index (χ2n) is 15.5. The van der Waals surface area contributed by atoms with Gasteiger partial charge in [-0.25, -0.2) is 9.88 Å². The molecule has 2 aliphatic carbocycles. The number of amides is 4. The highest BCUT2D eigenvalue weighted by Crippen LogP contribution is 2.64. The number of fused-ring (bicyclic) bond motifs is 5. The van der Waals surface area contributed by atoms with E-state index in [4.69, 9.17) is 9.15 Å². The average molecular weight is 756 g/mol. The van der Waals surface area contributed by atoms with E-state index >= 15 is 0 Å². The quantitative estimate of drug-likeness (QED) is 0.128. The second kappa shape index (κ2) is 13.2. The minimum Gasteiger partial charge on any atom is -0.508 e. The predicted molar refractivity (Wildman–Crippen MR) is 212 cm³/mol. The number of phenolic OH excluding ortho intramolecular Hbond substituents is 1. The van der Waals surface area contributed by atoms with Crippen LogP contribution in [0.15, 0.2) is 143 Å². The van der Waals surface area contributed by atoms with E-state index in [0.29, 0.717) is 46.3 Å². The van der Waals surface area contributed by atoms with Gasteiger partial charge in [0.25, 0.3) is 0 Å². The van der Waals surface area contributed by atoms with Crippen molar-refractivity contribution in [3.05, 3.63) is 150 Å². The number of benzene rings is 5. The van der Waals surface area contributed by atoms with Gasteiger partial charge in [0, 0.05) is 23.1 Å². The van der Waals surface area contributed by atoms with Crippen LogP contribution in [-0.4, -0.2) is 33.7 Å². The number of carbonyl (C=O) groups is 4. The van der Waals surface area contributed by atoms with Gasteiger partial charge in [-0.15, -0.1) is 0 Å². The number of nitrogens with zero attached hydrogens (tertiary/aromatic N) is 3. The number of rotatable bonds is 7. The molecule has 5 aromatic carbocycles. The lowest BCUT2D eigenvalue weighted by atomic mass is 9.51. The zero-order valence-electron chi connectivity index (χ0n) is 30.9. The molecule has 3 heterocycles. The van der Waals surface area contributed by atoms with Crippen molar-refractivity contribution in [2.24, 2.45) is 29.1 Å². The molecule has 6 unspecified atom stereocenters. The lowest BCUT2D eigenvalue weighted by Gasteiger charge is -2.49. The Morgan fingerprint density at radius 2 is 1.47 bits per heavy atom. The molecule has 0 radical (unpaired) electrons. The predicted octanol–water partition coefficient (Wildman–Crippen LogP) is 8.21. The highest BCUT2D eigenvalue weighted by Gasteiger charge is 2.68. The van der Waals surface area contributed by atoms with E-state index in [1.807, 2.05) is 66.7 Å². The Bertz CT molecular complexity index is 2600. The molecule has 3 fully saturated rings. The Morgan fingerprint density at radius 3 is 2.21 bits per heavy atom. The highest BCUT2D eigenvalue weighted by molar-refractivity contribution is 6.25. The van der Waals surface area contributed by atoms with E-state index in [1.54, 1.807) is 73.7 Å². The number of allylic oxidation sites excluding steroid dienone is 2. The van der Waals surface area contributed by atoms with Gasteiger partial charge in [0.05, 0.1) is 34.5 Å². The fraction of sp³-hybridized carbons (Fsp3) is 0.213. The first-order valence-electron chi connectivity index (χ1n) is 19.2. The first-order chi connectivity index (χ1) is 27.7. The molecule has 4 amide bonds. The van der Waals surface area contributed by atoms with Gasteiger partial charge < -0.3 is 14.3 Å². The van der Waals surface area contributed by atoms with Crippen LogP contribution < -0.4 is 14.5 Å². The van der Waals surface area contributed by atoms with Crippen molar-refractivity contribution in [3.63, 3.8) is 0 Å². The van der Waals surface area contributed by atoms with Crippen molar-refractivity contribution in [1.82, 2.24) is 4.98 Å². The van der Waals surface area contributed by atoms with E-state index in [9.17, 15) is 24.3 Å². The Hall–Kier alpha value is -6.81. The number of imide groups is 2. The number of para-hydroxylation sites is 3. The van der Waals surface area contributed by atoms with Gasteiger partial charge in [0.15, 0.2) is 5.58 Å². The van der Waals surface area contributed by atoms with Crippen molar-refractivity contribution < 1.29 is 33.4 Å². The number of anilines is 2. The van der Waals surface area contributed by atoms with Crippen LogP contribution in [0.3, 0.4) is 0 Å². The molecular formula is C47H37N3O7. The Labute approximate surface area is 328 Å². The monoisotopic (exact) mass is 755 g/mol. The zero-order chi connectivity index (χ0) is 39.0. The zero-order valence-corrected chi connectivity index (χ0v) is 30.9. The summed E-state index contributed by atoms with van der Waals surface area (Å²) in [6.45, 7) is 2.10. The molecule has 1 saturated carbocycles. The van der Waals surface area contributed by atoms with Crippen LogP contribution in [0, 0.1) is 29.1 Å². The Morgan fingerprint density at radius 1 is 0.772 bits per heavy atom. The number of aromatic hydroxyl groups is 1. The third kappa shape index (κ3) is 5.34. The molecule has 10 heteroatoms. The lowest BCUT2D eigenvalue weighted by molar-refractivity contribution is -0.131. The molecule has 10 nitrogen and oxygen atoms in total. The van der Waals surface area contributed by atoms with Crippen molar-refractivity contribution in [2.75, 3.05) is 9.80 Å². The summed E-state index contributed by atoms with van der Waals surface area (Å²) in [7, 11) is 0. The van der Waals surface area contributed by atoms with Crippen LogP contribution in [0.4, 0.5) is 11.4 Å². The molecule has 6 aromatic rings. The van der Waals surface area contributed by atoms with Gasteiger partial charge in [0.1, 0.15) is 23.6 Å². The number of aromatic nitrogens is 1. The first kappa shape index (κ1) is 34.7. The van der Waals surface area contributed by atoms with Crippen LogP contribution in [0.25, 0.3) is 22.6 Å². The van der Waals surface area contributed by atoms with E-state index in [0.717, 1.165) is 16.7 Å². The second-order valence-corrected chi connectivity index (χ2v) is 15.5. The summed E-state index contributed by atoms with van der Waals surface area (Å²) in [5.74, 6) is -4.10. The summed E-state index contributed by atoms with van der Waals surface area (Å²) in [5, 5.41) is 11.8. The SMILES string of the molecule is CC12C(=O)N(c3ccccc3)C(=O)C1CC1C(=CCC3C(=O)N(c4ccc(-c5nc6ccccc6o5)cc4)C(=O)C31)C2c1ccc(OCc2ccccc2)cc1O. The van der Waals surface area contributed by atoms with Gasteiger partial charge in [-0.1, -0.05) is 78.4 Å². The van der Waals surface area contributed by atoms with Gasteiger partial charge in [-0.3, -0.25) is 24.1 Å². The van der Waals surface area contributed by atoms with Crippen LogP contribution in [0.1, 0.15) is 36.8 Å². The molecule has 2 aliphatic heterocycles. The molecule has 1 N–H and O–H groups in total. The fourth-order valence-electron chi connectivity index (χ4n) is 9.78. The smallest absolute Gasteiger partial charge is 0.241 e. The summed E-state index contributed by atoms with van der Waals surface area (Å²) in [6.07, 6.45) is 2.46. The standard InChI is InChI=1S/C47H37N3O7/c1-47-36(44(53)50(46(47)55)29-12-6-3-7-13-29)25-35-32(41(47)33-21-20-31(24-38(33)51)56-26-27-10-4-2-5-11-27)22-23-34-40(35)45(54)49(43(34)52)30-18-16-28(17-19-30)42-48-37-14-8-9-15-39(37)57-42/h2-22,24,34-36,40-41,51H,23,25-26H2,1H3. The van der Waals surface area contributed by atoms with Crippen molar-refractivity contribution in [2.45, 2.75) is 32.3 Å². The number of phenols is 1. The highest BCUT2D eigenvalue weighted by atomic mass is 16.5. The minimum absolute atomic E-state index is 0.0814. The van der Waals surface area contributed by atoms with E-state index < -0.39 is 35.0 Å². The van der Waals surface area contributed by atoms with Crippen LogP contribution in [-0.2, 0) is 25.8 Å². The number of oxazole rings is 1. The van der Waals surface area contributed by atoms with Crippen LogP contribution in [0.5, 0.6) is 11.5 Å². The number of carbonyl (C=O) groups excluding carboxylic acids is 4. The molecule has 0 bridgehead atoms. The molecule has 2 saturated heterocycles. The molecule has 10 rings (SSSR count). The maximum Gasteiger partial charge on any atom is 0.241 e. The fourth-order valence-corrected chi connectivity index (χ4v) is 9.78. The van der Waals surface area contributed by atoms with Gasteiger partial charge in [-0.05, 0) is 85.8 Å². The normalized spacial score (nSPS) is 25.4. The molecule has 4 aliphatic rings. The van der Waals surface area contributed by atoms with E-state index in [2.05, 4.69) is 4.98 Å². The van der Waals surface area contributed by atoms with Gasteiger partial charge >= 0.3 is 0 Å². The van der Waals surface area contributed by atoms with Crippen LogP contribution >= 0.6 is 0 Å². The number of hydrogen-bond acceptors (Lipinski definition) is 8. The van der Waals surface area contributed by atoms with Crippen molar-refractivity contribution in [1.29, 1.82) is 0 Å². The molecule has 6 atom stereocenters. The summed E-state index contributed by atoms with van der Waals surface area (Å²) in [6, 6.07) is 38.1. The van der Waals surface area contributed by atoms with Crippen molar-refractivity contribution >= 4 is 46.1 Å². The lowest BCUT2D eigenvalue weighted by Crippen LogP contribution is -2.48. The molecule has 1 aromatic heterocycles. The minimum atomic E-state index is -1.29. The summed E-state index contributed by atoms with van der Waals surface area (Å²) < 4.78 is 12.0. The van der Waals surface area contributed by atoms with Crippen molar-refractivity contribution in [3.8, 4) is 23.0 Å². The topological polar surface area (TPSA) is 130 Å². The summed E-state index contributed by atoms with van der Waals surface area (Å²) >= 11 is 0. The molecular weight excluding hydrogens is 719 g/mol. The molecule has 282 valence electrons.